The van der Waals surface area contributed by atoms with Crippen molar-refractivity contribution in [2.24, 2.45) is 0 Å². The van der Waals surface area contributed by atoms with Crippen LogP contribution in [0.5, 0.6) is 0 Å². The van der Waals surface area contributed by atoms with Crippen molar-refractivity contribution in [1.29, 1.82) is 0 Å². The molecule has 1 aromatic heterocycles. The number of benzene rings is 2. The molecule has 1 heterocycles. The van der Waals surface area contributed by atoms with E-state index in [0.717, 1.165) is 11.3 Å². The number of pyridine rings is 1. The molecule has 5 heteroatoms. The number of anilines is 1. The lowest BCUT2D eigenvalue weighted by atomic mass is 10.1. The van der Waals surface area contributed by atoms with Gasteiger partial charge in [0.1, 0.15) is 0 Å². The van der Waals surface area contributed by atoms with E-state index < -0.39 is 0 Å². The molecule has 2 aromatic carbocycles. The average Bonchev–Trinajstić information content (AvgIpc) is 2.61. The maximum atomic E-state index is 12.7. The van der Waals surface area contributed by atoms with E-state index in [2.05, 4.69) is 10.3 Å². The van der Waals surface area contributed by atoms with E-state index in [-0.39, 0.29) is 11.5 Å². The Morgan fingerprint density at radius 2 is 1.68 bits per heavy atom. The summed E-state index contributed by atoms with van der Waals surface area (Å²) in [7, 11) is 0. The number of aromatic amines is 1. The van der Waals surface area contributed by atoms with Crippen molar-refractivity contribution >= 4 is 23.4 Å². The van der Waals surface area contributed by atoms with Crippen LogP contribution in [0, 0.1) is 6.92 Å². The van der Waals surface area contributed by atoms with Crippen LogP contribution in [-0.2, 0) is 5.75 Å². The normalized spacial score (nSPS) is 10.4. The number of hydrogen-bond donors (Lipinski definition) is 2. The van der Waals surface area contributed by atoms with Crippen LogP contribution in [0.1, 0.15) is 21.5 Å². The molecule has 2 N–H and O–H groups in total. The largest absolute Gasteiger partial charge is 0.322 e. The molecule has 25 heavy (non-hydrogen) atoms. The summed E-state index contributed by atoms with van der Waals surface area (Å²) in [4.78, 5) is 27.4. The Morgan fingerprint density at radius 3 is 2.36 bits per heavy atom. The van der Waals surface area contributed by atoms with E-state index in [9.17, 15) is 9.59 Å². The quantitative estimate of drug-likeness (QED) is 0.677. The molecular weight excluding hydrogens is 332 g/mol. The molecule has 0 unspecified atom stereocenters. The zero-order valence-corrected chi connectivity index (χ0v) is 14.6. The number of H-pyrrole nitrogens is 1. The van der Waals surface area contributed by atoms with Crippen LogP contribution in [0.3, 0.4) is 0 Å². The summed E-state index contributed by atoms with van der Waals surface area (Å²) in [6.45, 7) is 1.78. The summed E-state index contributed by atoms with van der Waals surface area (Å²) in [6, 6.07) is 20.7. The number of aromatic nitrogens is 1. The zero-order valence-electron chi connectivity index (χ0n) is 13.8. The molecule has 0 atom stereocenters. The maximum Gasteiger partial charge on any atom is 0.258 e. The van der Waals surface area contributed by atoms with E-state index in [1.54, 1.807) is 6.92 Å². The highest BCUT2D eigenvalue weighted by molar-refractivity contribution is 7.98. The van der Waals surface area contributed by atoms with Crippen LogP contribution < -0.4 is 10.9 Å². The Morgan fingerprint density at radius 1 is 1.04 bits per heavy atom. The number of amides is 1. The minimum atomic E-state index is -0.226. The summed E-state index contributed by atoms with van der Waals surface area (Å²) in [5, 5.41) is 3.47. The summed E-state index contributed by atoms with van der Waals surface area (Å²) in [5.41, 5.74) is 2.81. The van der Waals surface area contributed by atoms with Gasteiger partial charge in [-0.25, -0.2) is 0 Å². The van der Waals surface area contributed by atoms with Crippen molar-refractivity contribution in [3.63, 3.8) is 0 Å². The summed E-state index contributed by atoms with van der Waals surface area (Å²) in [5.74, 6) is 0.446. The molecule has 0 saturated carbocycles. The van der Waals surface area contributed by atoms with Gasteiger partial charge in [0.25, 0.3) is 5.91 Å². The Bertz CT molecular complexity index is 921. The van der Waals surface area contributed by atoms with Gasteiger partial charge in [-0.05, 0) is 30.2 Å². The predicted molar refractivity (Wildman–Crippen MR) is 102 cm³/mol. The molecular formula is C20H18N2O2S. The van der Waals surface area contributed by atoms with E-state index in [1.165, 1.54) is 17.8 Å². The number of rotatable bonds is 5. The van der Waals surface area contributed by atoms with Gasteiger partial charge >= 0.3 is 0 Å². The summed E-state index contributed by atoms with van der Waals surface area (Å²) < 4.78 is 0. The summed E-state index contributed by atoms with van der Waals surface area (Å²) in [6.07, 6.45) is 0. The SMILES string of the molecule is Cc1cc(=O)[nH]c(SCc2ccccc2)c1C(=O)Nc1ccccc1. The molecule has 3 aromatic rings. The number of aryl methyl sites for hydroxylation is 1. The van der Waals surface area contributed by atoms with Crippen LogP contribution in [0.25, 0.3) is 0 Å². The number of hydrogen-bond acceptors (Lipinski definition) is 3. The Hall–Kier alpha value is -2.79. The first-order valence-corrected chi connectivity index (χ1v) is 8.89. The van der Waals surface area contributed by atoms with Gasteiger partial charge in [-0.3, -0.25) is 9.59 Å². The molecule has 0 spiro atoms. The smallest absolute Gasteiger partial charge is 0.258 e. The molecule has 4 nitrogen and oxygen atoms in total. The zero-order chi connectivity index (χ0) is 17.6. The number of carbonyl (C=O) groups excluding carboxylic acids is 1. The van der Waals surface area contributed by atoms with Crippen LogP contribution in [-0.4, -0.2) is 10.9 Å². The minimum Gasteiger partial charge on any atom is -0.322 e. The van der Waals surface area contributed by atoms with Crippen molar-refractivity contribution in [2.75, 3.05) is 5.32 Å². The standard InChI is InChI=1S/C20H18N2O2S/c1-14-12-17(23)22-20(25-13-15-8-4-2-5-9-15)18(14)19(24)21-16-10-6-3-7-11-16/h2-12H,13H2,1H3,(H,21,24)(H,22,23). The van der Waals surface area contributed by atoms with Gasteiger partial charge in [0.05, 0.1) is 10.6 Å². The molecule has 3 rings (SSSR count). The van der Waals surface area contributed by atoms with Crippen LogP contribution >= 0.6 is 11.8 Å². The molecule has 0 aliphatic heterocycles. The van der Waals surface area contributed by atoms with Crippen LogP contribution in [0.4, 0.5) is 5.69 Å². The van der Waals surface area contributed by atoms with Gasteiger partial charge < -0.3 is 10.3 Å². The Labute approximate surface area is 150 Å². The molecule has 0 aliphatic rings. The van der Waals surface area contributed by atoms with Gasteiger partial charge in [0, 0.05) is 17.5 Å². The van der Waals surface area contributed by atoms with Crippen LogP contribution in [0.15, 0.2) is 76.6 Å². The highest BCUT2D eigenvalue weighted by Crippen LogP contribution is 2.26. The van der Waals surface area contributed by atoms with Gasteiger partial charge in [-0.2, -0.15) is 0 Å². The highest BCUT2D eigenvalue weighted by Gasteiger charge is 2.17. The monoisotopic (exact) mass is 350 g/mol. The lowest BCUT2D eigenvalue weighted by molar-refractivity contribution is 0.102. The fourth-order valence-electron chi connectivity index (χ4n) is 2.49. The number of carbonyl (C=O) groups is 1. The molecule has 126 valence electrons. The van der Waals surface area contributed by atoms with E-state index in [4.69, 9.17) is 0 Å². The van der Waals surface area contributed by atoms with Crippen molar-refractivity contribution < 1.29 is 4.79 Å². The second-order valence-electron chi connectivity index (χ2n) is 5.62. The first-order valence-electron chi connectivity index (χ1n) is 7.90. The lowest BCUT2D eigenvalue weighted by Crippen LogP contribution is -2.19. The third-order valence-electron chi connectivity index (χ3n) is 3.69. The summed E-state index contributed by atoms with van der Waals surface area (Å²) >= 11 is 1.45. The van der Waals surface area contributed by atoms with Gasteiger partial charge in [0.15, 0.2) is 0 Å². The Kier molecular flexibility index (Phi) is 5.36. The molecule has 1 amide bonds. The minimum absolute atomic E-state index is 0.204. The molecule has 0 fully saturated rings. The first kappa shape index (κ1) is 17.0. The van der Waals surface area contributed by atoms with Gasteiger partial charge in [-0.15, -0.1) is 11.8 Å². The molecule has 0 bridgehead atoms. The fourth-order valence-corrected chi connectivity index (χ4v) is 3.57. The molecule has 0 radical (unpaired) electrons. The number of para-hydroxylation sites is 1. The third kappa shape index (κ3) is 4.39. The number of thioether (sulfide) groups is 1. The van der Waals surface area contributed by atoms with Crippen molar-refractivity contribution in [3.05, 3.63) is 93.8 Å². The first-order chi connectivity index (χ1) is 12.1. The molecule has 0 aliphatic carbocycles. The second-order valence-corrected chi connectivity index (χ2v) is 6.60. The predicted octanol–water partition coefficient (Wildman–Crippen LogP) is 4.23. The van der Waals surface area contributed by atoms with Gasteiger partial charge in [0.2, 0.25) is 5.56 Å². The maximum absolute atomic E-state index is 12.7. The topological polar surface area (TPSA) is 62.0 Å². The molecule has 0 saturated heterocycles. The van der Waals surface area contributed by atoms with Gasteiger partial charge in [-0.1, -0.05) is 48.5 Å². The second kappa shape index (κ2) is 7.85. The van der Waals surface area contributed by atoms with E-state index in [1.807, 2.05) is 60.7 Å². The number of nitrogens with one attached hydrogen (secondary N) is 2. The average molecular weight is 350 g/mol. The van der Waals surface area contributed by atoms with Crippen molar-refractivity contribution in [3.8, 4) is 0 Å². The van der Waals surface area contributed by atoms with Crippen molar-refractivity contribution in [2.45, 2.75) is 17.7 Å². The fraction of sp³-hybridized carbons (Fsp3) is 0.100. The Balaban J connectivity index is 1.87. The van der Waals surface area contributed by atoms with E-state index >= 15 is 0 Å². The van der Waals surface area contributed by atoms with E-state index in [0.29, 0.717) is 21.9 Å². The highest BCUT2D eigenvalue weighted by atomic mass is 32.2. The van der Waals surface area contributed by atoms with Crippen LogP contribution in [0.2, 0.25) is 0 Å². The van der Waals surface area contributed by atoms with Crippen molar-refractivity contribution in [1.82, 2.24) is 4.98 Å². The lowest BCUT2D eigenvalue weighted by Gasteiger charge is -2.12. The third-order valence-corrected chi connectivity index (χ3v) is 4.76.